The van der Waals surface area contributed by atoms with E-state index in [0.717, 1.165) is 38.9 Å². The molecule has 0 N–H and O–H groups in total. The van der Waals surface area contributed by atoms with Crippen LogP contribution in [0.2, 0.25) is 0 Å². The van der Waals surface area contributed by atoms with E-state index >= 15 is 0 Å². The van der Waals surface area contributed by atoms with Crippen molar-refractivity contribution in [3.05, 3.63) is 158 Å². The molecule has 0 bridgehead atoms. The van der Waals surface area contributed by atoms with Crippen molar-refractivity contribution in [2.75, 3.05) is 0 Å². The Labute approximate surface area is 264 Å². The lowest BCUT2D eigenvalue weighted by Crippen LogP contribution is -2.03. The van der Waals surface area contributed by atoms with Crippen molar-refractivity contribution in [3.8, 4) is 22.9 Å². The van der Waals surface area contributed by atoms with Crippen LogP contribution in [0, 0.1) is 0 Å². The highest BCUT2D eigenvalue weighted by Gasteiger charge is 2.21. The Morgan fingerprint density at radius 2 is 0.870 bits per heavy atom. The van der Waals surface area contributed by atoms with Gasteiger partial charge < -0.3 is 4.57 Å². The lowest BCUT2D eigenvalue weighted by Gasteiger charge is -2.12. The third kappa shape index (κ3) is 3.49. The molecule has 0 aliphatic carbocycles. The zero-order chi connectivity index (χ0) is 30.2. The van der Waals surface area contributed by atoms with Crippen molar-refractivity contribution in [2.45, 2.75) is 0 Å². The van der Waals surface area contributed by atoms with Crippen LogP contribution in [0.1, 0.15) is 0 Å². The number of hydrogen-bond donors (Lipinski definition) is 0. The molecule has 7 aromatic carbocycles. The summed E-state index contributed by atoms with van der Waals surface area (Å²) in [4.78, 5) is 10.4. The highest BCUT2D eigenvalue weighted by molar-refractivity contribution is 6.29. The highest BCUT2D eigenvalue weighted by atomic mass is 15.2. The predicted molar refractivity (Wildman–Crippen MR) is 191 cm³/mol. The molecule has 0 saturated carbocycles. The van der Waals surface area contributed by atoms with Crippen molar-refractivity contribution in [1.82, 2.24) is 19.1 Å². The molecule has 10 rings (SSSR count). The molecule has 0 saturated heterocycles. The molecule has 0 spiro atoms. The molecule has 46 heavy (non-hydrogen) atoms. The summed E-state index contributed by atoms with van der Waals surface area (Å²) in [6, 6.07) is 55.8. The largest absolute Gasteiger partial charge is 0.309 e. The predicted octanol–water partition coefficient (Wildman–Crippen LogP) is 10.6. The Hall–Kier alpha value is -6.26. The molecule has 3 aromatic heterocycles. The second-order valence-electron chi connectivity index (χ2n) is 11.8. The number of rotatable bonds is 3. The lowest BCUT2D eigenvalue weighted by atomic mass is 9.99. The average molecular weight is 587 g/mol. The summed E-state index contributed by atoms with van der Waals surface area (Å²) in [5.74, 6) is 0.671. The number of para-hydroxylation sites is 4. The molecule has 4 heteroatoms. The second kappa shape index (κ2) is 9.62. The molecule has 0 unspecified atom stereocenters. The molecule has 10 aromatic rings. The standard InChI is InChI=1S/C42H26N4/c1-3-13-27(14-4-1)41-31-17-7-10-20-34(31)43-42(44-41)46-36-22-12-9-19-33(36)40-30-23-25-37-39(29(30)24-26-38(40)46)32-18-8-11-21-35(32)45(37)28-15-5-2-6-16-28/h1-26H. The topological polar surface area (TPSA) is 35.6 Å². The summed E-state index contributed by atoms with van der Waals surface area (Å²) in [6.45, 7) is 0. The number of hydrogen-bond acceptors (Lipinski definition) is 2. The summed E-state index contributed by atoms with van der Waals surface area (Å²) in [5.41, 5.74) is 8.68. The van der Waals surface area contributed by atoms with Crippen molar-refractivity contribution in [2.24, 2.45) is 0 Å². The van der Waals surface area contributed by atoms with E-state index in [1.165, 1.54) is 43.4 Å². The average Bonchev–Trinajstić information content (AvgIpc) is 3.65. The fourth-order valence-corrected chi connectivity index (χ4v) is 7.39. The smallest absolute Gasteiger partial charge is 0.235 e. The van der Waals surface area contributed by atoms with Crippen LogP contribution in [-0.2, 0) is 0 Å². The summed E-state index contributed by atoms with van der Waals surface area (Å²) < 4.78 is 4.62. The summed E-state index contributed by atoms with van der Waals surface area (Å²) >= 11 is 0. The maximum atomic E-state index is 5.27. The normalized spacial score (nSPS) is 11.9. The van der Waals surface area contributed by atoms with Crippen LogP contribution >= 0.6 is 0 Å². The molecule has 0 fully saturated rings. The van der Waals surface area contributed by atoms with Crippen molar-refractivity contribution >= 4 is 65.3 Å². The molecule has 0 atom stereocenters. The Morgan fingerprint density at radius 3 is 1.54 bits per heavy atom. The van der Waals surface area contributed by atoms with Gasteiger partial charge in [-0.25, -0.2) is 9.97 Å². The van der Waals surface area contributed by atoms with Gasteiger partial charge >= 0.3 is 0 Å². The first kappa shape index (κ1) is 25.1. The van der Waals surface area contributed by atoms with Crippen LogP contribution in [0.25, 0.3) is 88.2 Å². The maximum absolute atomic E-state index is 5.27. The van der Waals surface area contributed by atoms with Crippen LogP contribution in [0.3, 0.4) is 0 Å². The number of aromatic nitrogens is 4. The molecule has 214 valence electrons. The molecular weight excluding hydrogens is 560 g/mol. The van der Waals surface area contributed by atoms with E-state index in [2.05, 4.69) is 155 Å². The Bertz CT molecular complexity index is 2790. The van der Waals surface area contributed by atoms with Crippen molar-refractivity contribution < 1.29 is 0 Å². The van der Waals surface area contributed by atoms with Gasteiger partial charge in [0.15, 0.2) is 0 Å². The van der Waals surface area contributed by atoms with Gasteiger partial charge in [0.2, 0.25) is 5.95 Å². The van der Waals surface area contributed by atoms with Crippen molar-refractivity contribution in [1.29, 1.82) is 0 Å². The Morgan fingerprint density at radius 1 is 0.348 bits per heavy atom. The second-order valence-corrected chi connectivity index (χ2v) is 11.8. The minimum absolute atomic E-state index is 0.671. The third-order valence-electron chi connectivity index (χ3n) is 9.32. The maximum Gasteiger partial charge on any atom is 0.235 e. The summed E-state index contributed by atoms with van der Waals surface area (Å²) in [5, 5.41) is 8.42. The minimum atomic E-state index is 0.671. The van der Waals surface area contributed by atoms with Gasteiger partial charge in [-0.15, -0.1) is 0 Å². The quantitative estimate of drug-likeness (QED) is 0.206. The SMILES string of the molecule is c1ccc(-c2nc(-n3c4ccccc4c4c5ccc6c(c5ccc43)c3ccccc3n6-c3ccccc3)nc3ccccc23)cc1. The minimum Gasteiger partial charge on any atom is -0.309 e. The first-order chi connectivity index (χ1) is 22.8. The zero-order valence-electron chi connectivity index (χ0n) is 24.8. The van der Waals surface area contributed by atoms with Crippen LogP contribution < -0.4 is 0 Å². The number of benzene rings is 7. The first-order valence-electron chi connectivity index (χ1n) is 15.6. The van der Waals surface area contributed by atoms with Gasteiger partial charge in [0.25, 0.3) is 0 Å². The van der Waals surface area contributed by atoms with E-state index in [4.69, 9.17) is 9.97 Å². The van der Waals surface area contributed by atoms with Crippen LogP contribution in [0.15, 0.2) is 158 Å². The van der Waals surface area contributed by atoms with E-state index in [1.807, 2.05) is 12.1 Å². The fourth-order valence-electron chi connectivity index (χ4n) is 7.39. The third-order valence-corrected chi connectivity index (χ3v) is 9.32. The van der Waals surface area contributed by atoms with Crippen LogP contribution in [-0.4, -0.2) is 19.1 Å². The van der Waals surface area contributed by atoms with E-state index in [1.54, 1.807) is 0 Å². The van der Waals surface area contributed by atoms with Gasteiger partial charge in [-0.1, -0.05) is 115 Å². The van der Waals surface area contributed by atoms with E-state index < -0.39 is 0 Å². The van der Waals surface area contributed by atoms with Gasteiger partial charge in [0, 0.05) is 38.2 Å². The molecule has 4 nitrogen and oxygen atoms in total. The van der Waals surface area contributed by atoms with Gasteiger partial charge in [-0.3, -0.25) is 4.57 Å². The lowest BCUT2D eigenvalue weighted by molar-refractivity contribution is 1.01. The van der Waals surface area contributed by atoms with E-state index in [0.29, 0.717) is 5.95 Å². The van der Waals surface area contributed by atoms with Gasteiger partial charge in [-0.05, 0) is 53.2 Å². The zero-order valence-corrected chi connectivity index (χ0v) is 24.8. The molecule has 0 amide bonds. The summed E-state index contributed by atoms with van der Waals surface area (Å²) in [7, 11) is 0. The van der Waals surface area contributed by atoms with Gasteiger partial charge in [0.05, 0.1) is 33.3 Å². The monoisotopic (exact) mass is 586 g/mol. The summed E-state index contributed by atoms with van der Waals surface area (Å²) in [6.07, 6.45) is 0. The van der Waals surface area contributed by atoms with Crippen LogP contribution in [0.5, 0.6) is 0 Å². The van der Waals surface area contributed by atoms with E-state index in [-0.39, 0.29) is 0 Å². The Kier molecular flexibility index (Phi) is 5.25. The highest BCUT2D eigenvalue weighted by Crippen LogP contribution is 2.42. The number of nitrogens with zero attached hydrogens (tertiary/aromatic N) is 4. The molecule has 0 aliphatic rings. The van der Waals surface area contributed by atoms with Gasteiger partial charge in [0.1, 0.15) is 0 Å². The number of fused-ring (bicyclic) bond motifs is 10. The van der Waals surface area contributed by atoms with Gasteiger partial charge in [-0.2, -0.15) is 0 Å². The Balaban J connectivity index is 1.32. The molecule has 0 radical (unpaired) electrons. The molecule has 0 aliphatic heterocycles. The van der Waals surface area contributed by atoms with Crippen molar-refractivity contribution in [3.63, 3.8) is 0 Å². The fraction of sp³-hybridized carbons (Fsp3) is 0. The van der Waals surface area contributed by atoms with Crippen LogP contribution in [0.4, 0.5) is 0 Å². The molecule has 3 heterocycles. The molecular formula is C42H26N4. The van der Waals surface area contributed by atoms with E-state index in [9.17, 15) is 0 Å². The first-order valence-corrected chi connectivity index (χ1v) is 15.6.